The highest BCUT2D eigenvalue weighted by Gasteiger charge is 2.26. The molecule has 2 rings (SSSR count). The van der Waals surface area contributed by atoms with Crippen molar-refractivity contribution in [2.45, 2.75) is 32.4 Å². The number of ether oxygens (including phenoxy) is 1. The van der Waals surface area contributed by atoms with Crippen LogP contribution in [0.15, 0.2) is 4.52 Å². The molecule has 19 heavy (non-hydrogen) atoms. The lowest BCUT2D eigenvalue weighted by Crippen LogP contribution is -2.48. The van der Waals surface area contributed by atoms with E-state index in [0.717, 1.165) is 6.54 Å². The molecule has 1 amide bonds. The van der Waals surface area contributed by atoms with Gasteiger partial charge in [-0.3, -0.25) is 9.69 Å². The Morgan fingerprint density at radius 1 is 1.58 bits per heavy atom. The number of carbonyl (C=O) groups is 1. The summed E-state index contributed by atoms with van der Waals surface area (Å²) >= 11 is 0. The first-order chi connectivity index (χ1) is 9.10. The molecule has 1 N–H and O–H groups in total. The van der Waals surface area contributed by atoms with Gasteiger partial charge in [0.05, 0.1) is 13.2 Å². The van der Waals surface area contributed by atoms with Crippen molar-refractivity contribution in [1.29, 1.82) is 0 Å². The van der Waals surface area contributed by atoms with Gasteiger partial charge in [-0.25, -0.2) is 0 Å². The predicted octanol–water partition coefficient (Wildman–Crippen LogP) is 0.140. The topological polar surface area (TPSA) is 80.5 Å². The van der Waals surface area contributed by atoms with E-state index in [9.17, 15) is 4.79 Å². The molecule has 0 radical (unpaired) electrons. The van der Waals surface area contributed by atoms with Crippen LogP contribution in [0.2, 0.25) is 0 Å². The van der Waals surface area contributed by atoms with E-state index in [1.54, 1.807) is 7.05 Å². The number of morpholine rings is 1. The first-order valence-corrected chi connectivity index (χ1v) is 6.48. The van der Waals surface area contributed by atoms with Gasteiger partial charge in [0.25, 0.3) is 0 Å². The summed E-state index contributed by atoms with van der Waals surface area (Å²) < 4.78 is 10.6. The van der Waals surface area contributed by atoms with Crippen molar-refractivity contribution < 1.29 is 14.1 Å². The van der Waals surface area contributed by atoms with E-state index in [-0.39, 0.29) is 11.8 Å². The Morgan fingerprint density at radius 3 is 3.00 bits per heavy atom. The summed E-state index contributed by atoms with van der Waals surface area (Å²) in [6.45, 7) is 6.42. The predicted molar refractivity (Wildman–Crippen MR) is 67.5 cm³/mol. The van der Waals surface area contributed by atoms with Crippen molar-refractivity contribution in [2.24, 2.45) is 0 Å². The minimum absolute atomic E-state index is 0.0990. The van der Waals surface area contributed by atoms with E-state index >= 15 is 0 Å². The molecule has 2 heterocycles. The lowest BCUT2D eigenvalue weighted by atomic mass is 10.2. The van der Waals surface area contributed by atoms with Crippen LogP contribution >= 0.6 is 0 Å². The van der Waals surface area contributed by atoms with E-state index in [0.29, 0.717) is 31.4 Å². The smallest absolute Gasteiger partial charge is 0.250 e. The summed E-state index contributed by atoms with van der Waals surface area (Å²) in [4.78, 5) is 18.0. The minimum Gasteiger partial charge on any atom is -0.366 e. The molecule has 1 aliphatic rings. The quantitative estimate of drug-likeness (QED) is 0.836. The highest BCUT2D eigenvalue weighted by atomic mass is 16.5. The second kappa shape index (κ2) is 6.12. The lowest BCUT2D eigenvalue weighted by molar-refractivity contribution is -0.138. The number of nitrogens with zero attached hydrogens (tertiary/aromatic N) is 3. The van der Waals surface area contributed by atoms with Crippen LogP contribution in [-0.4, -0.2) is 53.8 Å². The fourth-order valence-corrected chi connectivity index (χ4v) is 1.92. The normalized spacial score (nSPS) is 20.7. The Labute approximate surface area is 112 Å². The molecule has 106 valence electrons. The summed E-state index contributed by atoms with van der Waals surface area (Å²) in [6, 6.07) is 0. The van der Waals surface area contributed by atoms with Crippen LogP contribution < -0.4 is 5.32 Å². The van der Waals surface area contributed by atoms with Gasteiger partial charge in [0.2, 0.25) is 11.8 Å². The first kappa shape index (κ1) is 14.0. The fraction of sp³-hybridized carbons (Fsp3) is 0.750. The second-order valence-electron chi connectivity index (χ2n) is 4.91. The molecule has 0 spiro atoms. The monoisotopic (exact) mass is 268 g/mol. The van der Waals surface area contributed by atoms with Crippen molar-refractivity contribution >= 4 is 5.91 Å². The number of hydrogen-bond donors (Lipinski definition) is 1. The molecule has 1 aromatic rings. The first-order valence-electron chi connectivity index (χ1n) is 6.48. The van der Waals surface area contributed by atoms with Gasteiger partial charge in [-0.15, -0.1) is 0 Å². The van der Waals surface area contributed by atoms with Gasteiger partial charge in [-0.1, -0.05) is 19.0 Å². The molecular weight excluding hydrogens is 248 g/mol. The maximum Gasteiger partial charge on any atom is 0.250 e. The maximum absolute atomic E-state index is 11.5. The highest BCUT2D eigenvalue weighted by molar-refractivity contribution is 5.80. The molecule has 1 aliphatic heterocycles. The molecule has 1 atom stereocenters. The van der Waals surface area contributed by atoms with E-state index in [1.807, 2.05) is 13.8 Å². The minimum atomic E-state index is -0.425. The van der Waals surface area contributed by atoms with E-state index in [4.69, 9.17) is 9.26 Å². The third-order valence-corrected chi connectivity index (χ3v) is 3.05. The summed E-state index contributed by atoms with van der Waals surface area (Å²) in [5.41, 5.74) is 0. The zero-order chi connectivity index (χ0) is 13.8. The Kier molecular flexibility index (Phi) is 4.49. The number of carbonyl (C=O) groups excluding carboxylic acids is 1. The highest BCUT2D eigenvalue weighted by Crippen LogP contribution is 2.13. The summed E-state index contributed by atoms with van der Waals surface area (Å²) in [5, 5.41) is 6.52. The third kappa shape index (κ3) is 3.51. The summed E-state index contributed by atoms with van der Waals surface area (Å²) in [7, 11) is 1.61. The standard InChI is InChI=1S/C12H20N4O3/c1-8(2)11-14-10(19-15-11)7-16-4-5-18-9(6-16)12(17)13-3/h8-9H,4-7H2,1-3H3,(H,13,17). The molecular formula is C12H20N4O3. The van der Waals surface area contributed by atoms with Crippen LogP contribution in [0.25, 0.3) is 0 Å². The van der Waals surface area contributed by atoms with Crippen LogP contribution in [0.3, 0.4) is 0 Å². The number of hydrogen-bond acceptors (Lipinski definition) is 6. The zero-order valence-corrected chi connectivity index (χ0v) is 11.5. The molecule has 0 saturated carbocycles. The van der Waals surface area contributed by atoms with Crippen LogP contribution in [0.4, 0.5) is 0 Å². The molecule has 1 unspecified atom stereocenters. The van der Waals surface area contributed by atoms with Crippen molar-refractivity contribution in [3.8, 4) is 0 Å². The average Bonchev–Trinajstić information content (AvgIpc) is 2.87. The molecule has 1 aromatic heterocycles. The Balaban J connectivity index is 1.92. The number of nitrogens with one attached hydrogen (secondary N) is 1. The lowest BCUT2D eigenvalue weighted by Gasteiger charge is -2.30. The number of rotatable bonds is 4. The van der Waals surface area contributed by atoms with Gasteiger partial charge in [-0.2, -0.15) is 4.98 Å². The van der Waals surface area contributed by atoms with E-state index in [1.165, 1.54) is 0 Å². The molecule has 1 fully saturated rings. The van der Waals surface area contributed by atoms with Crippen molar-refractivity contribution in [1.82, 2.24) is 20.4 Å². The van der Waals surface area contributed by atoms with Gasteiger partial charge in [-0.05, 0) is 0 Å². The van der Waals surface area contributed by atoms with Crippen molar-refractivity contribution in [2.75, 3.05) is 26.7 Å². The maximum atomic E-state index is 11.5. The molecule has 7 heteroatoms. The van der Waals surface area contributed by atoms with Crippen LogP contribution in [0.5, 0.6) is 0 Å². The van der Waals surface area contributed by atoms with Crippen molar-refractivity contribution in [3.63, 3.8) is 0 Å². The Morgan fingerprint density at radius 2 is 2.37 bits per heavy atom. The summed E-state index contributed by atoms with van der Waals surface area (Å²) in [6.07, 6.45) is -0.425. The SMILES string of the molecule is CNC(=O)C1CN(Cc2nc(C(C)C)no2)CCO1. The Bertz CT molecular complexity index is 432. The largest absolute Gasteiger partial charge is 0.366 e. The van der Waals surface area contributed by atoms with Gasteiger partial charge in [0.1, 0.15) is 6.10 Å². The Hall–Kier alpha value is -1.47. The molecule has 0 aromatic carbocycles. The summed E-state index contributed by atoms with van der Waals surface area (Å²) in [5.74, 6) is 1.45. The van der Waals surface area contributed by atoms with Crippen LogP contribution in [0.1, 0.15) is 31.5 Å². The molecule has 7 nitrogen and oxygen atoms in total. The molecule has 0 aliphatic carbocycles. The van der Waals surface area contributed by atoms with Crippen LogP contribution in [0, 0.1) is 0 Å². The van der Waals surface area contributed by atoms with Gasteiger partial charge >= 0.3 is 0 Å². The molecule has 0 bridgehead atoms. The van der Waals surface area contributed by atoms with Gasteiger partial charge in [0.15, 0.2) is 5.82 Å². The van der Waals surface area contributed by atoms with Crippen LogP contribution in [-0.2, 0) is 16.1 Å². The number of amides is 1. The fourth-order valence-electron chi connectivity index (χ4n) is 1.92. The zero-order valence-electron chi connectivity index (χ0n) is 11.5. The van der Waals surface area contributed by atoms with Gasteiger partial charge in [0, 0.05) is 26.1 Å². The van der Waals surface area contributed by atoms with Gasteiger partial charge < -0.3 is 14.6 Å². The number of aromatic nitrogens is 2. The van der Waals surface area contributed by atoms with E-state index < -0.39 is 6.10 Å². The third-order valence-electron chi connectivity index (χ3n) is 3.05. The van der Waals surface area contributed by atoms with E-state index in [2.05, 4.69) is 20.4 Å². The average molecular weight is 268 g/mol. The van der Waals surface area contributed by atoms with Crippen molar-refractivity contribution in [3.05, 3.63) is 11.7 Å². The molecule has 1 saturated heterocycles. The second-order valence-corrected chi connectivity index (χ2v) is 4.91. The number of likely N-dealkylation sites (N-methyl/N-ethyl adjacent to an activating group) is 1.